The molecule has 31 heavy (non-hydrogen) atoms. The first-order valence-corrected chi connectivity index (χ1v) is 11.5. The van der Waals surface area contributed by atoms with E-state index in [1.54, 1.807) is 32.7 Å². The van der Waals surface area contributed by atoms with Gasteiger partial charge in [0.1, 0.15) is 5.75 Å². The number of fused-ring (bicyclic) bond motifs is 1. The second-order valence-electron chi connectivity index (χ2n) is 9.45. The zero-order chi connectivity index (χ0) is 23.0. The number of thioether (sulfide) groups is 1. The molecule has 0 fully saturated rings. The molecular formula is C25H30ClNO3S. The van der Waals surface area contributed by atoms with Gasteiger partial charge in [-0.1, -0.05) is 44.5 Å². The lowest BCUT2D eigenvalue weighted by Crippen LogP contribution is -2.28. The summed E-state index contributed by atoms with van der Waals surface area (Å²) < 4.78 is 7.71. The van der Waals surface area contributed by atoms with E-state index in [4.69, 9.17) is 16.3 Å². The Hall–Kier alpha value is -2.11. The minimum atomic E-state index is -0.899. The summed E-state index contributed by atoms with van der Waals surface area (Å²) in [7, 11) is 1.66. The standard InChI is InChI=1S/C25H30ClNO3S/c1-24(2,3)31-22-19-13-18(30-6)11-12-20(19)27(15-16-7-9-17(26)10-8-16)21(22)14-25(4,5)23(28)29/h7-13H,14-15H2,1-6H3,(H,28,29). The number of rotatable bonds is 7. The third kappa shape index (κ3) is 5.39. The predicted molar refractivity (Wildman–Crippen MR) is 130 cm³/mol. The van der Waals surface area contributed by atoms with Crippen molar-refractivity contribution >= 4 is 40.2 Å². The molecule has 0 bridgehead atoms. The fourth-order valence-electron chi connectivity index (χ4n) is 3.53. The lowest BCUT2D eigenvalue weighted by molar-refractivity contribution is -0.146. The Morgan fingerprint density at radius 2 is 1.74 bits per heavy atom. The van der Waals surface area contributed by atoms with Gasteiger partial charge in [0.25, 0.3) is 0 Å². The maximum atomic E-state index is 12.0. The zero-order valence-electron chi connectivity index (χ0n) is 19.0. The SMILES string of the molecule is COc1ccc2c(c1)c(SC(C)(C)C)c(CC(C)(C)C(=O)O)n2Cc1ccc(Cl)cc1. The van der Waals surface area contributed by atoms with Gasteiger partial charge in [0.05, 0.1) is 12.5 Å². The molecule has 0 atom stereocenters. The Labute approximate surface area is 193 Å². The first-order valence-electron chi connectivity index (χ1n) is 10.3. The van der Waals surface area contributed by atoms with E-state index in [1.807, 2.05) is 30.3 Å². The molecule has 2 aromatic carbocycles. The van der Waals surface area contributed by atoms with Gasteiger partial charge >= 0.3 is 5.97 Å². The summed E-state index contributed by atoms with van der Waals surface area (Å²) >= 11 is 7.86. The maximum Gasteiger partial charge on any atom is 0.309 e. The molecule has 0 spiro atoms. The molecule has 3 aromatic rings. The maximum absolute atomic E-state index is 12.0. The minimum Gasteiger partial charge on any atom is -0.497 e. The molecule has 166 valence electrons. The zero-order valence-corrected chi connectivity index (χ0v) is 20.5. The Morgan fingerprint density at radius 1 is 1.10 bits per heavy atom. The van der Waals surface area contributed by atoms with Crippen LogP contribution < -0.4 is 4.74 Å². The molecule has 4 nitrogen and oxygen atoms in total. The van der Waals surface area contributed by atoms with Gasteiger partial charge in [0.15, 0.2) is 0 Å². The molecule has 1 aromatic heterocycles. The van der Waals surface area contributed by atoms with Crippen LogP contribution >= 0.6 is 23.4 Å². The smallest absolute Gasteiger partial charge is 0.309 e. The van der Waals surface area contributed by atoms with Crippen molar-refractivity contribution in [2.75, 3.05) is 7.11 Å². The van der Waals surface area contributed by atoms with E-state index < -0.39 is 11.4 Å². The molecular weight excluding hydrogens is 430 g/mol. The molecule has 0 radical (unpaired) electrons. The molecule has 0 aliphatic rings. The predicted octanol–water partition coefficient (Wildman–Crippen LogP) is 6.90. The van der Waals surface area contributed by atoms with E-state index in [1.165, 1.54) is 0 Å². The number of halogens is 1. The van der Waals surface area contributed by atoms with Crippen molar-refractivity contribution in [3.05, 3.63) is 58.7 Å². The highest BCUT2D eigenvalue weighted by molar-refractivity contribution is 8.00. The van der Waals surface area contributed by atoms with Crippen molar-refractivity contribution in [3.63, 3.8) is 0 Å². The summed E-state index contributed by atoms with van der Waals surface area (Å²) in [5.74, 6) is -0.0176. The van der Waals surface area contributed by atoms with Crippen LogP contribution in [0.2, 0.25) is 5.02 Å². The number of carbonyl (C=O) groups is 1. The number of carboxylic acid groups (broad SMARTS) is 1. The van der Waals surface area contributed by atoms with Crippen molar-refractivity contribution in [3.8, 4) is 5.75 Å². The van der Waals surface area contributed by atoms with Gasteiger partial charge in [-0.15, -0.1) is 11.8 Å². The number of methoxy groups -OCH3 is 1. The Morgan fingerprint density at radius 3 is 2.29 bits per heavy atom. The number of benzene rings is 2. The number of hydrogen-bond donors (Lipinski definition) is 1. The van der Waals surface area contributed by atoms with Crippen LogP contribution in [0.5, 0.6) is 5.75 Å². The quantitative estimate of drug-likeness (QED) is 0.390. The molecule has 1 heterocycles. The molecule has 0 saturated carbocycles. The number of nitrogens with zero attached hydrogens (tertiary/aromatic N) is 1. The van der Waals surface area contributed by atoms with Crippen LogP contribution in [0, 0.1) is 5.41 Å². The van der Waals surface area contributed by atoms with Crippen molar-refractivity contribution in [2.45, 2.75) is 57.2 Å². The topological polar surface area (TPSA) is 51.5 Å². The summed E-state index contributed by atoms with van der Waals surface area (Å²) in [6, 6.07) is 13.9. The Balaban J connectivity index is 2.28. The van der Waals surface area contributed by atoms with Gasteiger partial charge in [0.2, 0.25) is 0 Å². The molecule has 0 amide bonds. The van der Waals surface area contributed by atoms with Gasteiger partial charge in [-0.2, -0.15) is 0 Å². The van der Waals surface area contributed by atoms with Crippen molar-refractivity contribution < 1.29 is 14.6 Å². The molecule has 1 N–H and O–H groups in total. The van der Waals surface area contributed by atoms with E-state index in [-0.39, 0.29) is 4.75 Å². The molecule has 6 heteroatoms. The lowest BCUT2D eigenvalue weighted by Gasteiger charge is -2.24. The van der Waals surface area contributed by atoms with E-state index >= 15 is 0 Å². The minimum absolute atomic E-state index is 0.0371. The average molecular weight is 460 g/mol. The summed E-state index contributed by atoms with van der Waals surface area (Å²) in [5.41, 5.74) is 2.31. The van der Waals surface area contributed by atoms with Crippen LogP contribution in [0.1, 0.15) is 45.9 Å². The highest BCUT2D eigenvalue weighted by atomic mass is 35.5. The van der Waals surface area contributed by atoms with Gasteiger partial charge in [-0.25, -0.2) is 0 Å². The monoisotopic (exact) mass is 459 g/mol. The third-order valence-electron chi connectivity index (χ3n) is 5.18. The lowest BCUT2D eigenvalue weighted by atomic mass is 9.88. The van der Waals surface area contributed by atoms with E-state index in [0.717, 1.165) is 32.8 Å². The average Bonchev–Trinajstić information content (AvgIpc) is 2.94. The number of ether oxygens (including phenoxy) is 1. The van der Waals surface area contributed by atoms with Gasteiger partial charge in [0, 0.05) is 44.2 Å². The molecule has 0 saturated heterocycles. The summed E-state index contributed by atoms with van der Waals surface area (Å²) in [4.78, 5) is 13.1. The Bertz CT molecular complexity index is 1090. The van der Waals surface area contributed by atoms with Gasteiger partial charge in [-0.3, -0.25) is 4.79 Å². The highest BCUT2D eigenvalue weighted by Crippen LogP contribution is 2.44. The molecule has 3 rings (SSSR count). The highest BCUT2D eigenvalue weighted by Gasteiger charge is 2.32. The largest absolute Gasteiger partial charge is 0.497 e. The van der Waals surface area contributed by atoms with Crippen LogP contribution in [-0.4, -0.2) is 27.5 Å². The van der Waals surface area contributed by atoms with E-state index in [0.29, 0.717) is 18.0 Å². The molecule has 0 unspecified atom stereocenters. The number of hydrogen-bond acceptors (Lipinski definition) is 3. The van der Waals surface area contributed by atoms with Crippen LogP contribution in [-0.2, 0) is 17.8 Å². The van der Waals surface area contributed by atoms with Gasteiger partial charge in [-0.05, 0) is 49.7 Å². The van der Waals surface area contributed by atoms with E-state index in [2.05, 4.69) is 37.5 Å². The number of carboxylic acids is 1. The number of aromatic nitrogens is 1. The molecule has 0 aliphatic carbocycles. The summed E-state index contributed by atoms with van der Waals surface area (Å²) in [5, 5.41) is 11.6. The fraction of sp³-hybridized carbons (Fsp3) is 0.400. The fourth-order valence-corrected chi connectivity index (χ4v) is 4.84. The second-order valence-corrected chi connectivity index (χ2v) is 11.7. The van der Waals surface area contributed by atoms with Crippen LogP contribution in [0.3, 0.4) is 0 Å². The summed E-state index contributed by atoms with van der Waals surface area (Å²) in [6.45, 7) is 10.7. The Kier molecular flexibility index (Phi) is 6.68. The molecule has 0 aliphatic heterocycles. The van der Waals surface area contributed by atoms with E-state index in [9.17, 15) is 9.90 Å². The second kappa shape index (κ2) is 8.79. The number of aliphatic carboxylic acids is 1. The normalized spacial score (nSPS) is 12.4. The van der Waals surface area contributed by atoms with Gasteiger partial charge < -0.3 is 14.4 Å². The van der Waals surface area contributed by atoms with Crippen molar-refractivity contribution in [1.29, 1.82) is 0 Å². The third-order valence-corrected chi connectivity index (χ3v) is 6.70. The first-order chi connectivity index (χ1) is 14.4. The van der Waals surface area contributed by atoms with Crippen LogP contribution in [0.15, 0.2) is 47.4 Å². The van der Waals surface area contributed by atoms with Crippen molar-refractivity contribution in [1.82, 2.24) is 4.57 Å². The first kappa shape index (κ1) is 23.6. The van der Waals surface area contributed by atoms with Crippen LogP contribution in [0.25, 0.3) is 10.9 Å². The summed E-state index contributed by atoms with van der Waals surface area (Å²) in [6.07, 6.45) is 0.422. The van der Waals surface area contributed by atoms with Crippen LogP contribution in [0.4, 0.5) is 0 Å². The van der Waals surface area contributed by atoms with Crippen molar-refractivity contribution in [2.24, 2.45) is 5.41 Å².